The van der Waals surface area contributed by atoms with E-state index in [9.17, 15) is 0 Å². The molecule has 0 saturated carbocycles. The van der Waals surface area contributed by atoms with Crippen LogP contribution in [0.1, 0.15) is 26.7 Å². The zero-order chi connectivity index (χ0) is 8.81. The van der Waals surface area contributed by atoms with Gasteiger partial charge < -0.3 is 5.32 Å². The summed E-state index contributed by atoms with van der Waals surface area (Å²) in [7, 11) is 0. The topological polar surface area (TPSA) is 38.2 Å². The van der Waals surface area contributed by atoms with E-state index in [1.54, 1.807) is 0 Å². The first-order valence-corrected chi connectivity index (χ1v) is 4.96. The minimum atomic E-state index is 0.347. The summed E-state index contributed by atoms with van der Waals surface area (Å²) in [4.78, 5) is 0. The highest BCUT2D eigenvalue weighted by atomic mass is 15.2. The summed E-state index contributed by atoms with van der Waals surface area (Å²) in [6.45, 7) is 7.44. The van der Waals surface area contributed by atoms with Crippen molar-refractivity contribution in [2.24, 2.45) is 0 Å². The number of nitrogens with one attached hydrogen (secondary N) is 2. The largest absolute Gasteiger partial charge is 0.312 e. The molecule has 1 fully saturated rings. The average Bonchev–Trinajstić information content (AvgIpc) is 2.06. The van der Waals surface area contributed by atoms with E-state index in [2.05, 4.69) is 29.8 Å². The Kier molecular flexibility index (Phi) is 4.58. The number of piperazine rings is 1. The molecule has 2 N–H and O–H groups in total. The van der Waals surface area contributed by atoms with Crippen molar-refractivity contribution in [1.29, 1.82) is 0 Å². The van der Waals surface area contributed by atoms with Crippen molar-refractivity contribution in [3.05, 3.63) is 0 Å². The lowest BCUT2D eigenvalue weighted by Crippen LogP contribution is -2.54. The molecule has 1 saturated heterocycles. The van der Waals surface area contributed by atoms with Gasteiger partial charge in [0.15, 0.2) is 0 Å². The fourth-order valence-electron chi connectivity index (χ4n) is 1.56. The first-order valence-electron chi connectivity index (χ1n) is 4.96. The molecule has 3 nitrogen and oxygen atoms in total. The quantitative estimate of drug-likeness (QED) is 0.637. The van der Waals surface area contributed by atoms with Crippen LogP contribution in [-0.4, -0.2) is 31.8 Å². The summed E-state index contributed by atoms with van der Waals surface area (Å²) in [6.07, 6.45) is 2.83. The zero-order valence-corrected chi connectivity index (χ0v) is 8.14. The highest BCUT2D eigenvalue weighted by Gasteiger charge is 2.14. The van der Waals surface area contributed by atoms with Crippen LogP contribution in [0, 0.1) is 0 Å². The summed E-state index contributed by atoms with van der Waals surface area (Å²) in [5.74, 6) is 0. The van der Waals surface area contributed by atoms with Gasteiger partial charge in [-0.05, 0) is 13.3 Å². The molecule has 71 valence electrons. The van der Waals surface area contributed by atoms with Gasteiger partial charge in [0.2, 0.25) is 0 Å². The molecule has 1 aliphatic rings. The SMILES string of the molecule is CCCC(C)NC1CNCC[N]1. The number of rotatable bonds is 4. The molecular weight excluding hydrogens is 150 g/mol. The second-order valence-electron chi connectivity index (χ2n) is 3.48. The van der Waals surface area contributed by atoms with Crippen LogP contribution >= 0.6 is 0 Å². The van der Waals surface area contributed by atoms with Gasteiger partial charge in [0.1, 0.15) is 0 Å². The zero-order valence-electron chi connectivity index (χ0n) is 8.14. The highest BCUT2D eigenvalue weighted by Crippen LogP contribution is 1.96. The predicted octanol–water partition coefficient (Wildman–Crippen LogP) is 0.298. The van der Waals surface area contributed by atoms with Gasteiger partial charge in [-0.15, -0.1) is 0 Å². The van der Waals surface area contributed by atoms with Gasteiger partial charge in [-0.2, -0.15) is 0 Å². The van der Waals surface area contributed by atoms with Crippen LogP contribution in [0.2, 0.25) is 0 Å². The van der Waals surface area contributed by atoms with Crippen molar-refractivity contribution in [2.45, 2.75) is 38.9 Å². The van der Waals surface area contributed by atoms with Crippen LogP contribution in [0.25, 0.3) is 0 Å². The second-order valence-corrected chi connectivity index (χ2v) is 3.48. The predicted molar refractivity (Wildman–Crippen MR) is 51.2 cm³/mol. The lowest BCUT2D eigenvalue weighted by molar-refractivity contribution is 0.318. The molecule has 0 aromatic rings. The van der Waals surface area contributed by atoms with Crippen molar-refractivity contribution < 1.29 is 0 Å². The molecule has 1 aliphatic heterocycles. The van der Waals surface area contributed by atoms with Crippen molar-refractivity contribution >= 4 is 0 Å². The maximum absolute atomic E-state index is 4.48. The first-order chi connectivity index (χ1) is 5.83. The van der Waals surface area contributed by atoms with Crippen LogP contribution in [-0.2, 0) is 0 Å². The summed E-state index contributed by atoms with van der Waals surface area (Å²) in [5.41, 5.74) is 0. The van der Waals surface area contributed by atoms with E-state index in [4.69, 9.17) is 0 Å². The second kappa shape index (κ2) is 5.51. The molecule has 2 atom stereocenters. The van der Waals surface area contributed by atoms with E-state index in [1.165, 1.54) is 12.8 Å². The van der Waals surface area contributed by atoms with Crippen LogP contribution in [0.3, 0.4) is 0 Å². The monoisotopic (exact) mass is 170 g/mol. The van der Waals surface area contributed by atoms with Crippen molar-refractivity contribution in [1.82, 2.24) is 16.0 Å². The standard InChI is InChI=1S/C9H20N3/c1-3-4-8(2)12-9-7-10-5-6-11-9/h8-10,12H,3-7H2,1-2H3. The lowest BCUT2D eigenvalue weighted by Gasteiger charge is -2.26. The molecule has 0 aromatic heterocycles. The summed E-state index contributed by atoms with van der Waals surface area (Å²) in [6, 6.07) is 0.601. The molecule has 2 unspecified atom stereocenters. The Labute approximate surface area is 75.3 Å². The lowest BCUT2D eigenvalue weighted by atomic mass is 10.2. The van der Waals surface area contributed by atoms with Gasteiger partial charge in [0.05, 0.1) is 6.17 Å². The number of hydrogen-bond donors (Lipinski definition) is 2. The van der Waals surface area contributed by atoms with E-state index in [0.29, 0.717) is 12.2 Å². The van der Waals surface area contributed by atoms with Gasteiger partial charge in [-0.3, -0.25) is 5.32 Å². The Hall–Kier alpha value is -0.120. The van der Waals surface area contributed by atoms with Crippen LogP contribution in [0.5, 0.6) is 0 Å². The van der Waals surface area contributed by atoms with Crippen molar-refractivity contribution in [3.63, 3.8) is 0 Å². The van der Waals surface area contributed by atoms with Gasteiger partial charge in [0, 0.05) is 25.7 Å². The Morgan fingerprint density at radius 1 is 1.67 bits per heavy atom. The average molecular weight is 170 g/mol. The smallest absolute Gasteiger partial charge is 0.0864 e. The molecule has 0 bridgehead atoms. The van der Waals surface area contributed by atoms with E-state index < -0.39 is 0 Å². The molecular formula is C9H20N3. The molecule has 0 aromatic carbocycles. The number of nitrogens with zero attached hydrogens (tertiary/aromatic N) is 1. The third-order valence-corrected chi connectivity index (χ3v) is 2.17. The Morgan fingerprint density at radius 2 is 2.50 bits per heavy atom. The van der Waals surface area contributed by atoms with Gasteiger partial charge in [0.25, 0.3) is 0 Å². The van der Waals surface area contributed by atoms with E-state index in [1.807, 2.05) is 0 Å². The fourth-order valence-corrected chi connectivity index (χ4v) is 1.56. The van der Waals surface area contributed by atoms with E-state index >= 15 is 0 Å². The summed E-state index contributed by atoms with van der Waals surface area (Å²) in [5, 5.41) is 11.3. The van der Waals surface area contributed by atoms with Crippen molar-refractivity contribution in [2.75, 3.05) is 19.6 Å². The van der Waals surface area contributed by atoms with Crippen LogP contribution in [0.15, 0.2) is 0 Å². The molecule has 3 heteroatoms. The Balaban J connectivity index is 2.11. The third kappa shape index (κ3) is 3.52. The molecule has 0 aliphatic carbocycles. The highest BCUT2D eigenvalue weighted by molar-refractivity contribution is 4.75. The normalized spacial score (nSPS) is 27.0. The number of hydrogen-bond acceptors (Lipinski definition) is 2. The third-order valence-electron chi connectivity index (χ3n) is 2.17. The first kappa shape index (κ1) is 9.96. The minimum absolute atomic E-state index is 0.347. The van der Waals surface area contributed by atoms with E-state index in [0.717, 1.165) is 19.6 Å². The van der Waals surface area contributed by atoms with Crippen molar-refractivity contribution in [3.8, 4) is 0 Å². The molecule has 1 radical (unpaired) electrons. The summed E-state index contributed by atoms with van der Waals surface area (Å²) >= 11 is 0. The Morgan fingerprint density at radius 3 is 3.08 bits per heavy atom. The molecule has 0 amide bonds. The van der Waals surface area contributed by atoms with Gasteiger partial charge >= 0.3 is 0 Å². The molecule has 12 heavy (non-hydrogen) atoms. The maximum Gasteiger partial charge on any atom is 0.0864 e. The van der Waals surface area contributed by atoms with Gasteiger partial charge in [-0.25, -0.2) is 5.32 Å². The molecule has 0 spiro atoms. The molecule has 1 rings (SSSR count). The fraction of sp³-hybridized carbons (Fsp3) is 1.00. The summed E-state index contributed by atoms with van der Waals surface area (Å²) < 4.78 is 0. The van der Waals surface area contributed by atoms with Crippen LogP contribution in [0.4, 0.5) is 0 Å². The van der Waals surface area contributed by atoms with Crippen LogP contribution < -0.4 is 16.0 Å². The maximum atomic E-state index is 4.48. The minimum Gasteiger partial charge on any atom is -0.312 e. The van der Waals surface area contributed by atoms with Gasteiger partial charge in [-0.1, -0.05) is 13.3 Å². The van der Waals surface area contributed by atoms with E-state index in [-0.39, 0.29) is 0 Å². The molecule has 1 heterocycles. The Bertz CT molecular complexity index is 110.